The number of amides is 1. The number of rotatable bonds is 4. The molecule has 1 amide bonds. The van der Waals surface area contributed by atoms with Gasteiger partial charge in [0.2, 0.25) is 5.91 Å². The Kier molecular flexibility index (Phi) is 4.98. The number of halogens is 1. The van der Waals surface area contributed by atoms with Crippen LogP contribution in [0, 0.1) is 11.7 Å². The molecule has 1 N–H and O–H groups in total. The van der Waals surface area contributed by atoms with Crippen LogP contribution in [0.2, 0.25) is 0 Å². The fourth-order valence-electron chi connectivity index (χ4n) is 2.72. The molecule has 2 heterocycles. The van der Waals surface area contributed by atoms with Crippen molar-refractivity contribution < 1.29 is 17.6 Å². The van der Waals surface area contributed by atoms with E-state index in [1.165, 1.54) is 33.8 Å². The Hall–Kier alpha value is -1.77. The van der Waals surface area contributed by atoms with Crippen LogP contribution in [0.15, 0.2) is 46.0 Å². The van der Waals surface area contributed by atoms with E-state index in [9.17, 15) is 17.6 Å². The Balaban J connectivity index is 1.70. The van der Waals surface area contributed by atoms with Gasteiger partial charge in [0.1, 0.15) is 10.0 Å². The van der Waals surface area contributed by atoms with Crippen LogP contribution in [-0.4, -0.2) is 31.7 Å². The van der Waals surface area contributed by atoms with Crippen LogP contribution in [0.25, 0.3) is 0 Å². The van der Waals surface area contributed by atoms with Crippen LogP contribution in [0.4, 0.5) is 10.1 Å². The summed E-state index contributed by atoms with van der Waals surface area (Å²) in [4.78, 5) is 12.4. The summed E-state index contributed by atoms with van der Waals surface area (Å²) in [5, 5.41) is 4.37. The first-order chi connectivity index (χ1) is 11.5. The number of hydrogen-bond acceptors (Lipinski definition) is 4. The lowest BCUT2D eigenvalue weighted by atomic mass is 9.99. The first kappa shape index (κ1) is 17.1. The van der Waals surface area contributed by atoms with E-state index in [-0.39, 0.29) is 16.7 Å². The normalized spacial score (nSPS) is 19.1. The molecule has 1 aliphatic heterocycles. The van der Waals surface area contributed by atoms with Gasteiger partial charge in [-0.05, 0) is 42.5 Å². The minimum atomic E-state index is -3.55. The van der Waals surface area contributed by atoms with Gasteiger partial charge in [-0.1, -0.05) is 12.1 Å². The van der Waals surface area contributed by atoms with Gasteiger partial charge in [-0.25, -0.2) is 12.8 Å². The summed E-state index contributed by atoms with van der Waals surface area (Å²) in [6.45, 7) is 0.547. The zero-order valence-electron chi connectivity index (χ0n) is 12.8. The highest BCUT2D eigenvalue weighted by Crippen LogP contribution is 2.27. The monoisotopic (exact) mass is 368 g/mol. The predicted octanol–water partition coefficient (Wildman–Crippen LogP) is 2.93. The predicted molar refractivity (Wildman–Crippen MR) is 90.8 cm³/mol. The molecule has 0 bridgehead atoms. The third kappa shape index (κ3) is 3.66. The summed E-state index contributed by atoms with van der Waals surface area (Å²) in [7, 11) is -3.55. The Morgan fingerprint density at radius 2 is 2.12 bits per heavy atom. The van der Waals surface area contributed by atoms with E-state index in [2.05, 4.69) is 5.32 Å². The van der Waals surface area contributed by atoms with E-state index >= 15 is 0 Å². The van der Waals surface area contributed by atoms with Gasteiger partial charge in [0, 0.05) is 18.8 Å². The molecule has 8 heteroatoms. The minimum absolute atomic E-state index is 0.140. The maximum atomic E-state index is 13.2. The summed E-state index contributed by atoms with van der Waals surface area (Å²) in [6.07, 6.45) is 1.23. The van der Waals surface area contributed by atoms with Crippen molar-refractivity contribution >= 4 is 33.0 Å². The molecular formula is C16H17FN2O3S2. The molecule has 5 nitrogen and oxygen atoms in total. The smallest absolute Gasteiger partial charge is 0.252 e. The molecule has 3 rings (SSSR count). The molecule has 1 fully saturated rings. The van der Waals surface area contributed by atoms with Crippen molar-refractivity contribution in [3.05, 3.63) is 47.6 Å². The first-order valence-electron chi connectivity index (χ1n) is 7.57. The van der Waals surface area contributed by atoms with E-state index < -0.39 is 21.8 Å². The van der Waals surface area contributed by atoms with Gasteiger partial charge in [0.15, 0.2) is 0 Å². The van der Waals surface area contributed by atoms with E-state index in [0.717, 1.165) is 0 Å². The average molecular weight is 368 g/mol. The highest BCUT2D eigenvalue weighted by Gasteiger charge is 2.33. The molecule has 0 saturated carbocycles. The van der Waals surface area contributed by atoms with Gasteiger partial charge < -0.3 is 5.32 Å². The molecule has 0 radical (unpaired) electrons. The lowest BCUT2D eigenvalue weighted by molar-refractivity contribution is -0.120. The van der Waals surface area contributed by atoms with Crippen LogP contribution in [0.1, 0.15) is 12.8 Å². The Morgan fingerprint density at radius 1 is 1.29 bits per heavy atom. The molecule has 1 atom stereocenters. The fourth-order valence-corrected chi connectivity index (χ4v) is 5.39. The molecule has 1 aromatic carbocycles. The lowest BCUT2D eigenvalue weighted by Gasteiger charge is -2.30. The Labute approximate surface area is 144 Å². The minimum Gasteiger partial charge on any atom is -0.326 e. The van der Waals surface area contributed by atoms with Gasteiger partial charge >= 0.3 is 0 Å². The zero-order chi connectivity index (χ0) is 17.2. The number of piperidine rings is 1. The summed E-state index contributed by atoms with van der Waals surface area (Å²) in [5.41, 5.74) is 0.373. The molecule has 2 aromatic rings. The van der Waals surface area contributed by atoms with E-state index in [4.69, 9.17) is 0 Å². The number of anilines is 1. The Bertz CT molecular complexity index is 822. The number of nitrogens with zero attached hydrogens (tertiary/aromatic N) is 1. The topological polar surface area (TPSA) is 66.5 Å². The second-order valence-corrected chi connectivity index (χ2v) is 8.75. The molecule has 1 unspecified atom stereocenters. The number of thiophene rings is 1. The van der Waals surface area contributed by atoms with Gasteiger partial charge in [0.05, 0.1) is 5.92 Å². The number of hydrogen-bond donors (Lipinski definition) is 1. The third-order valence-electron chi connectivity index (χ3n) is 3.94. The number of carbonyl (C=O) groups is 1. The van der Waals surface area contributed by atoms with Gasteiger partial charge in [-0.2, -0.15) is 4.31 Å². The van der Waals surface area contributed by atoms with Crippen molar-refractivity contribution in [2.45, 2.75) is 17.1 Å². The highest BCUT2D eigenvalue weighted by atomic mass is 32.2. The molecular weight excluding hydrogens is 351 g/mol. The van der Waals surface area contributed by atoms with Crippen LogP contribution < -0.4 is 5.32 Å². The van der Waals surface area contributed by atoms with Crippen LogP contribution in [0.5, 0.6) is 0 Å². The molecule has 128 valence electrons. The fraction of sp³-hybridized carbons (Fsp3) is 0.312. The quantitative estimate of drug-likeness (QED) is 0.902. The standard InChI is InChI=1S/C16H17FN2O3S2/c17-13-5-1-6-14(10-13)18-16(20)12-4-2-8-19(11-12)24(21,22)15-7-3-9-23-15/h1,3,5-7,9-10,12H,2,4,8,11H2,(H,18,20). The number of carbonyl (C=O) groups excluding carboxylic acids is 1. The molecule has 1 saturated heterocycles. The maximum absolute atomic E-state index is 13.2. The van der Waals surface area contributed by atoms with E-state index in [1.807, 2.05) is 0 Å². The number of sulfonamides is 1. The van der Waals surface area contributed by atoms with Crippen LogP contribution in [-0.2, 0) is 14.8 Å². The summed E-state index contributed by atoms with van der Waals surface area (Å²) < 4.78 is 40.0. The molecule has 0 aliphatic carbocycles. The van der Waals surface area contributed by atoms with Crippen molar-refractivity contribution in [1.29, 1.82) is 0 Å². The van der Waals surface area contributed by atoms with Crippen molar-refractivity contribution in [1.82, 2.24) is 4.31 Å². The van der Waals surface area contributed by atoms with Crippen molar-refractivity contribution in [2.75, 3.05) is 18.4 Å². The summed E-state index contributed by atoms with van der Waals surface area (Å²) >= 11 is 1.17. The lowest BCUT2D eigenvalue weighted by Crippen LogP contribution is -2.43. The second kappa shape index (κ2) is 7.00. The average Bonchev–Trinajstić information content (AvgIpc) is 3.10. The van der Waals surface area contributed by atoms with Crippen LogP contribution in [0.3, 0.4) is 0 Å². The van der Waals surface area contributed by atoms with Gasteiger partial charge in [0.25, 0.3) is 10.0 Å². The molecule has 24 heavy (non-hydrogen) atoms. The third-order valence-corrected chi connectivity index (χ3v) is 7.17. The van der Waals surface area contributed by atoms with Crippen molar-refractivity contribution in [3.63, 3.8) is 0 Å². The van der Waals surface area contributed by atoms with Crippen molar-refractivity contribution in [3.8, 4) is 0 Å². The highest BCUT2D eigenvalue weighted by molar-refractivity contribution is 7.91. The SMILES string of the molecule is O=C(Nc1cccc(F)c1)C1CCCN(S(=O)(=O)c2cccs2)C1. The van der Waals surface area contributed by atoms with Crippen LogP contribution >= 0.6 is 11.3 Å². The second-order valence-electron chi connectivity index (χ2n) is 5.63. The van der Waals surface area contributed by atoms with Crippen molar-refractivity contribution in [2.24, 2.45) is 5.92 Å². The molecule has 0 spiro atoms. The molecule has 1 aromatic heterocycles. The van der Waals surface area contributed by atoms with E-state index in [0.29, 0.717) is 25.1 Å². The largest absolute Gasteiger partial charge is 0.326 e. The maximum Gasteiger partial charge on any atom is 0.252 e. The summed E-state index contributed by atoms with van der Waals surface area (Å²) in [5.74, 6) is -1.17. The Morgan fingerprint density at radius 3 is 2.83 bits per heavy atom. The van der Waals surface area contributed by atoms with Gasteiger partial charge in [-0.3, -0.25) is 4.79 Å². The number of benzene rings is 1. The summed E-state index contributed by atoms with van der Waals surface area (Å²) in [6, 6.07) is 8.90. The molecule has 1 aliphatic rings. The van der Waals surface area contributed by atoms with Gasteiger partial charge in [-0.15, -0.1) is 11.3 Å². The first-order valence-corrected chi connectivity index (χ1v) is 9.89. The zero-order valence-corrected chi connectivity index (χ0v) is 14.4. The number of nitrogens with one attached hydrogen (secondary N) is 1. The van der Waals surface area contributed by atoms with E-state index in [1.54, 1.807) is 23.6 Å².